The van der Waals surface area contributed by atoms with Crippen LogP contribution in [0.2, 0.25) is 0 Å². The maximum atomic E-state index is 9.03. The normalized spacial score (nSPS) is 21.5. The van der Waals surface area contributed by atoms with Crippen molar-refractivity contribution < 1.29 is 5.11 Å². The molecule has 1 rings (SSSR count). The van der Waals surface area contributed by atoms with Gasteiger partial charge in [0.05, 0.1) is 6.61 Å². The fraction of sp³-hybridized carbons (Fsp3) is 1.00. The van der Waals surface area contributed by atoms with Crippen LogP contribution in [-0.4, -0.2) is 48.8 Å². The van der Waals surface area contributed by atoms with Crippen molar-refractivity contribution in [1.29, 1.82) is 0 Å². The van der Waals surface area contributed by atoms with Gasteiger partial charge in [-0.1, -0.05) is 6.92 Å². The van der Waals surface area contributed by atoms with Gasteiger partial charge in [0.2, 0.25) is 0 Å². The van der Waals surface area contributed by atoms with Crippen molar-refractivity contribution in [1.82, 2.24) is 10.2 Å². The molecule has 3 nitrogen and oxygen atoms in total. The molecule has 3 heteroatoms. The van der Waals surface area contributed by atoms with Crippen LogP contribution < -0.4 is 5.32 Å². The third-order valence-corrected chi connectivity index (χ3v) is 2.39. The molecule has 1 atom stereocenters. The number of nitrogens with zero attached hydrogens (tertiary/aromatic N) is 1. The summed E-state index contributed by atoms with van der Waals surface area (Å²) in [5.41, 5.74) is 0. The summed E-state index contributed by atoms with van der Waals surface area (Å²) in [6.07, 6.45) is 2.65. The van der Waals surface area contributed by atoms with E-state index in [1.165, 1.54) is 25.9 Å². The van der Waals surface area contributed by atoms with Gasteiger partial charge in [-0.25, -0.2) is 0 Å². The van der Waals surface area contributed by atoms with Crippen molar-refractivity contribution in [2.45, 2.75) is 25.8 Å². The van der Waals surface area contributed by atoms with Crippen molar-refractivity contribution in [2.24, 2.45) is 0 Å². The number of hydrogen-bond donors (Lipinski definition) is 2. The van der Waals surface area contributed by atoms with Crippen molar-refractivity contribution in [2.75, 3.05) is 32.8 Å². The molecule has 0 aromatic rings. The van der Waals surface area contributed by atoms with Crippen molar-refractivity contribution in [3.63, 3.8) is 0 Å². The van der Waals surface area contributed by atoms with E-state index >= 15 is 0 Å². The summed E-state index contributed by atoms with van der Waals surface area (Å²) in [7, 11) is 0. The lowest BCUT2D eigenvalue weighted by Crippen LogP contribution is -2.42. The Labute approximate surface area is 74.8 Å². The van der Waals surface area contributed by atoms with Gasteiger partial charge in [0.25, 0.3) is 0 Å². The summed E-state index contributed by atoms with van der Waals surface area (Å²) >= 11 is 0. The van der Waals surface area contributed by atoms with Crippen LogP contribution in [0.1, 0.15) is 19.8 Å². The van der Waals surface area contributed by atoms with Crippen LogP contribution >= 0.6 is 0 Å². The van der Waals surface area contributed by atoms with E-state index in [4.69, 9.17) is 5.11 Å². The summed E-state index contributed by atoms with van der Waals surface area (Å²) in [6, 6.07) is 0.271. The van der Waals surface area contributed by atoms with Gasteiger partial charge in [-0.3, -0.25) is 0 Å². The molecule has 0 spiro atoms. The molecule has 72 valence electrons. The first-order valence-electron chi connectivity index (χ1n) is 4.93. The van der Waals surface area contributed by atoms with Gasteiger partial charge >= 0.3 is 0 Å². The number of likely N-dealkylation sites (N-methyl/N-ethyl adjacent to an activating group) is 1. The molecule has 2 N–H and O–H groups in total. The number of aliphatic hydroxyl groups is 1. The van der Waals surface area contributed by atoms with Gasteiger partial charge < -0.3 is 15.3 Å². The predicted octanol–water partition coefficient (Wildman–Crippen LogP) is 0.0526. The molecule has 0 aliphatic carbocycles. The van der Waals surface area contributed by atoms with Crippen molar-refractivity contribution in [3.05, 3.63) is 0 Å². The van der Waals surface area contributed by atoms with Gasteiger partial charge in [-0.15, -0.1) is 0 Å². The Morgan fingerprint density at radius 2 is 2.08 bits per heavy atom. The number of nitrogens with one attached hydrogen (secondary N) is 1. The molecule has 0 bridgehead atoms. The molecule has 0 aromatic heterocycles. The standard InChI is InChI=1S/C9H20N2O/c1-2-10-9(8-12)7-11-5-3-4-6-11/h9-10,12H,2-8H2,1H3. The van der Waals surface area contributed by atoms with Crippen LogP contribution in [0.25, 0.3) is 0 Å². The Bertz CT molecular complexity index is 113. The van der Waals surface area contributed by atoms with Crippen molar-refractivity contribution in [3.8, 4) is 0 Å². The molecule has 0 saturated carbocycles. The smallest absolute Gasteiger partial charge is 0.0597 e. The zero-order chi connectivity index (χ0) is 8.81. The van der Waals surface area contributed by atoms with E-state index in [0.717, 1.165) is 13.1 Å². The average molecular weight is 172 g/mol. The predicted molar refractivity (Wildman–Crippen MR) is 50.2 cm³/mol. The third kappa shape index (κ3) is 3.09. The summed E-state index contributed by atoms with van der Waals surface area (Å²) < 4.78 is 0. The molecule has 0 aromatic carbocycles. The van der Waals surface area contributed by atoms with Gasteiger partial charge in [0.1, 0.15) is 0 Å². The molecule has 0 radical (unpaired) electrons. The molecule has 1 saturated heterocycles. The molecular formula is C9H20N2O. The molecular weight excluding hydrogens is 152 g/mol. The molecule has 1 heterocycles. The molecule has 1 unspecified atom stereocenters. The number of aliphatic hydroxyl groups excluding tert-OH is 1. The topological polar surface area (TPSA) is 35.5 Å². The number of likely N-dealkylation sites (tertiary alicyclic amines) is 1. The van der Waals surface area contributed by atoms with Gasteiger partial charge in [0, 0.05) is 12.6 Å². The Kier molecular flexibility index (Phi) is 4.58. The van der Waals surface area contributed by atoms with E-state index in [-0.39, 0.29) is 12.6 Å². The minimum Gasteiger partial charge on any atom is -0.395 e. The van der Waals surface area contributed by atoms with Gasteiger partial charge in [-0.05, 0) is 32.5 Å². The van der Waals surface area contributed by atoms with E-state index < -0.39 is 0 Å². The summed E-state index contributed by atoms with van der Waals surface area (Å²) in [4.78, 5) is 2.42. The minimum absolute atomic E-state index is 0.254. The summed E-state index contributed by atoms with van der Waals surface area (Å²) in [6.45, 7) is 6.70. The van der Waals surface area contributed by atoms with Crippen LogP contribution in [0.15, 0.2) is 0 Å². The van der Waals surface area contributed by atoms with Crippen LogP contribution in [0, 0.1) is 0 Å². The first-order chi connectivity index (χ1) is 5.86. The maximum Gasteiger partial charge on any atom is 0.0597 e. The highest BCUT2D eigenvalue weighted by atomic mass is 16.3. The van der Waals surface area contributed by atoms with Crippen LogP contribution in [0.4, 0.5) is 0 Å². The molecule has 1 aliphatic heterocycles. The van der Waals surface area contributed by atoms with E-state index in [1.807, 2.05) is 0 Å². The molecule has 0 amide bonds. The number of hydrogen-bond acceptors (Lipinski definition) is 3. The quantitative estimate of drug-likeness (QED) is 0.615. The Hall–Kier alpha value is -0.120. The SMILES string of the molecule is CCNC(CO)CN1CCCC1. The highest BCUT2D eigenvalue weighted by Gasteiger charge is 2.15. The highest BCUT2D eigenvalue weighted by Crippen LogP contribution is 2.07. The van der Waals surface area contributed by atoms with Crippen LogP contribution in [0.5, 0.6) is 0 Å². The lowest BCUT2D eigenvalue weighted by atomic mass is 10.3. The largest absolute Gasteiger partial charge is 0.395 e. The second-order valence-corrected chi connectivity index (χ2v) is 3.44. The fourth-order valence-electron chi connectivity index (χ4n) is 1.75. The molecule has 12 heavy (non-hydrogen) atoms. The van der Waals surface area contributed by atoms with E-state index in [2.05, 4.69) is 17.1 Å². The minimum atomic E-state index is 0.254. The van der Waals surface area contributed by atoms with E-state index in [9.17, 15) is 0 Å². The van der Waals surface area contributed by atoms with E-state index in [0.29, 0.717) is 0 Å². The molecule has 1 fully saturated rings. The summed E-state index contributed by atoms with van der Waals surface area (Å²) in [5, 5.41) is 12.3. The summed E-state index contributed by atoms with van der Waals surface area (Å²) in [5.74, 6) is 0. The molecule has 1 aliphatic rings. The second kappa shape index (κ2) is 5.51. The zero-order valence-corrected chi connectivity index (χ0v) is 7.92. The highest BCUT2D eigenvalue weighted by molar-refractivity contribution is 4.74. The first kappa shape index (κ1) is 9.96. The second-order valence-electron chi connectivity index (χ2n) is 3.44. The van der Waals surface area contributed by atoms with E-state index in [1.54, 1.807) is 0 Å². The van der Waals surface area contributed by atoms with Gasteiger partial charge in [-0.2, -0.15) is 0 Å². The van der Waals surface area contributed by atoms with Crippen LogP contribution in [-0.2, 0) is 0 Å². The third-order valence-electron chi connectivity index (χ3n) is 2.39. The number of rotatable bonds is 5. The average Bonchev–Trinajstić information content (AvgIpc) is 2.56. The fourth-order valence-corrected chi connectivity index (χ4v) is 1.75. The monoisotopic (exact) mass is 172 g/mol. The Morgan fingerprint density at radius 3 is 2.58 bits per heavy atom. The van der Waals surface area contributed by atoms with Gasteiger partial charge in [0.15, 0.2) is 0 Å². The lowest BCUT2D eigenvalue weighted by molar-refractivity contribution is 0.200. The first-order valence-corrected chi connectivity index (χ1v) is 4.93. The van der Waals surface area contributed by atoms with Crippen molar-refractivity contribution >= 4 is 0 Å². The maximum absolute atomic E-state index is 9.03. The zero-order valence-electron chi connectivity index (χ0n) is 7.92. The lowest BCUT2D eigenvalue weighted by Gasteiger charge is -2.22. The Morgan fingerprint density at radius 1 is 1.42 bits per heavy atom. The van der Waals surface area contributed by atoms with Crippen LogP contribution in [0.3, 0.4) is 0 Å². The Balaban J connectivity index is 2.16.